The third-order valence-electron chi connectivity index (χ3n) is 4.78. The minimum atomic E-state index is 0.486. The largest absolute Gasteiger partial charge is 0.380 e. The molecule has 0 radical (unpaired) electrons. The fourth-order valence-electron chi connectivity index (χ4n) is 3.67. The summed E-state index contributed by atoms with van der Waals surface area (Å²) >= 11 is 0. The van der Waals surface area contributed by atoms with Crippen molar-refractivity contribution in [2.75, 3.05) is 46.9 Å². The van der Waals surface area contributed by atoms with Crippen molar-refractivity contribution in [1.82, 2.24) is 19.4 Å². The van der Waals surface area contributed by atoms with Crippen LogP contribution in [0.5, 0.6) is 0 Å². The van der Waals surface area contributed by atoms with Gasteiger partial charge in [-0.2, -0.15) is 0 Å². The van der Waals surface area contributed by atoms with Gasteiger partial charge in [0.1, 0.15) is 0 Å². The number of aliphatic imine (C=N–C) groups is 1. The van der Waals surface area contributed by atoms with Crippen LogP contribution in [0.15, 0.2) is 41.9 Å². The Morgan fingerprint density at radius 1 is 1.33 bits per heavy atom. The first-order valence-corrected chi connectivity index (χ1v) is 9.33. The number of aromatic nitrogens is 2. The van der Waals surface area contributed by atoms with Gasteiger partial charge in [0.05, 0.1) is 24.6 Å². The van der Waals surface area contributed by atoms with E-state index in [-0.39, 0.29) is 0 Å². The molecule has 1 aromatic carbocycles. The first-order chi connectivity index (χ1) is 13.1. The molecule has 6 nitrogen and oxygen atoms in total. The van der Waals surface area contributed by atoms with E-state index < -0.39 is 0 Å². The molecule has 1 aliphatic rings. The Hall–Kier alpha value is -2.28. The minimum Gasteiger partial charge on any atom is -0.380 e. The Labute approximate surface area is 161 Å². The maximum atomic E-state index is 5.83. The molecule has 1 aliphatic heterocycles. The van der Waals surface area contributed by atoms with Gasteiger partial charge in [-0.15, -0.1) is 0 Å². The second kappa shape index (κ2) is 9.08. The zero-order valence-electron chi connectivity index (χ0n) is 16.3. The van der Waals surface area contributed by atoms with Crippen LogP contribution in [0.1, 0.15) is 5.69 Å². The number of imidazole rings is 1. The fourth-order valence-corrected chi connectivity index (χ4v) is 3.67. The van der Waals surface area contributed by atoms with Gasteiger partial charge in [-0.3, -0.25) is 9.47 Å². The monoisotopic (exact) mass is 367 g/mol. The average Bonchev–Trinajstić information content (AvgIpc) is 2.87. The molecule has 144 valence electrons. The van der Waals surface area contributed by atoms with Crippen LogP contribution in [0.2, 0.25) is 0 Å². The van der Waals surface area contributed by atoms with Crippen LogP contribution < -0.4 is 0 Å². The van der Waals surface area contributed by atoms with Crippen LogP contribution in [0.4, 0.5) is 5.95 Å². The minimum absolute atomic E-state index is 0.486. The number of ether oxygens (including phenoxy) is 1. The third kappa shape index (κ3) is 4.71. The van der Waals surface area contributed by atoms with Crippen molar-refractivity contribution in [3.63, 3.8) is 0 Å². The summed E-state index contributed by atoms with van der Waals surface area (Å²) in [6.07, 6.45) is 1.77. The lowest BCUT2D eigenvalue weighted by Gasteiger charge is -2.25. The molecule has 1 unspecified atom stereocenters. The zero-order chi connectivity index (χ0) is 19.2. The fraction of sp³-hybridized carbons (Fsp3) is 0.429. The van der Waals surface area contributed by atoms with E-state index in [0.717, 1.165) is 56.3 Å². The predicted molar refractivity (Wildman–Crippen MR) is 111 cm³/mol. The second-order valence-electron chi connectivity index (χ2n) is 7.22. The molecule has 0 amide bonds. The molecule has 1 aromatic heterocycles. The summed E-state index contributed by atoms with van der Waals surface area (Å²) < 4.78 is 7.78. The van der Waals surface area contributed by atoms with Crippen molar-refractivity contribution < 1.29 is 4.74 Å². The normalized spacial score (nSPS) is 18.4. The molecule has 1 saturated heterocycles. The molecule has 6 heteroatoms. The van der Waals surface area contributed by atoms with E-state index in [9.17, 15) is 0 Å². The molecular weight excluding hydrogens is 338 g/mol. The van der Waals surface area contributed by atoms with Gasteiger partial charge in [-0.25, -0.2) is 9.98 Å². The Balaban J connectivity index is 1.91. The van der Waals surface area contributed by atoms with E-state index in [1.807, 2.05) is 22.8 Å². The molecule has 0 bridgehead atoms. The lowest BCUT2D eigenvalue weighted by atomic mass is 10.1. The molecule has 1 fully saturated rings. The summed E-state index contributed by atoms with van der Waals surface area (Å²) in [7, 11) is 4.22. The Kier molecular flexibility index (Phi) is 6.55. The molecule has 2 heterocycles. The van der Waals surface area contributed by atoms with Crippen LogP contribution in [-0.4, -0.2) is 73.0 Å². The van der Waals surface area contributed by atoms with E-state index in [1.165, 1.54) is 0 Å². The summed E-state index contributed by atoms with van der Waals surface area (Å²) in [6.45, 7) is 12.9. The SMILES string of the molecule is C=Cn1c(N=C)nc(-c2ccccc2)c1CN1CCOCC(CN(C)C)C1. The average molecular weight is 367 g/mol. The van der Waals surface area contributed by atoms with Gasteiger partial charge in [0.2, 0.25) is 5.95 Å². The van der Waals surface area contributed by atoms with Gasteiger partial charge in [0.15, 0.2) is 0 Å². The molecule has 0 spiro atoms. The van der Waals surface area contributed by atoms with Gasteiger partial charge >= 0.3 is 0 Å². The molecule has 2 aromatic rings. The van der Waals surface area contributed by atoms with Crippen molar-refractivity contribution in [2.24, 2.45) is 10.9 Å². The van der Waals surface area contributed by atoms with Gasteiger partial charge < -0.3 is 9.64 Å². The summed E-state index contributed by atoms with van der Waals surface area (Å²) in [4.78, 5) is 13.5. The Morgan fingerprint density at radius 2 is 2.11 bits per heavy atom. The van der Waals surface area contributed by atoms with Crippen molar-refractivity contribution in [1.29, 1.82) is 0 Å². The number of rotatable bonds is 7. The first kappa shape index (κ1) is 19.5. The molecule has 0 saturated carbocycles. The lowest BCUT2D eigenvalue weighted by Crippen LogP contribution is -2.34. The number of nitrogens with zero attached hydrogens (tertiary/aromatic N) is 5. The molecule has 27 heavy (non-hydrogen) atoms. The zero-order valence-corrected chi connectivity index (χ0v) is 16.3. The van der Waals surface area contributed by atoms with Crippen molar-refractivity contribution in [2.45, 2.75) is 6.54 Å². The highest BCUT2D eigenvalue weighted by atomic mass is 16.5. The van der Waals surface area contributed by atoms with Crippen molar-refractivity contribution >= 4 is 18.9 Å². The van der Waals surface area contributed by atoms with Gasteiger partial charge in [-0.1, -0.05) is 36.9 Å². The van der Waals surface area contributed by atoms with E-state index in [2.05, 4.69) is 54.3 Å². The van der Waals surface area contributed by atoms with Crippen molar-refractivity contribution in [3.8, 4) is 11.3 Å². The highest BCUT2D eigenvalue weighted by molar-refractivity contribution is 5.66. The second-order valence-corrected chi connectivity index (χ2v) is 7.22. The maximum Gasteiger partial charge on any atom is 0.233 e. The quantitative estimate of drug-likeness (QED) is 0.706. The molecule has 1 atom stereocenters. The highest BCUT2D eigenvalue weighted by Crippen LogP contribution is 2.29. The van der Waals surface area contributed by atoms with E-state index in [1.54, 1.807) is 6.20 Å². The number of benzene rings is 1. The molecule has 0 N–H and O–H groups in total. The Morgan fingerprint density at radius 3 is 2.78 bits per heavy atom. The predicted octanol–water partition coefficient (Wildman–Crippen LogP) is 2.99. The number of hydrogen-bond donors (Lipinski definition) is 0. The smallest absolute Gasteiger partial charge is 0.233 e. The highest BCUT2D eigenvalue weighted by Gasteiger charge is 2.23. The first-order valence-electron chi connectivity index (χ1n) is 9.33. The maximum absolute atomic E-state index is 5.83. The van der Waals surface area contributed by atoms with Crippen LogP contribution in [0, 0.1) is 5.92 Å². The van der Waals surface area contributed by atoms with Crippen LogP contribution in [0.3, 0.4) is 0 Å². The molecular formula is C21H29N5O. The summed E-state index contributed by atoms with van der Waals surface area (Å²) in [5, 5.41) is 0. The molecule has 3 rings (SSSR count). The van der Waals surface area contributed by atoms with Crippen LogP contribution >= 0.6 is 0 Å². The van der Waals surface area contributed by atoms with E-state index in [0.29, 0.717) is 11.9 Å². The van der Waals surface area contributed by atoms with Gasteiger partial charge in [-0.05, 0) is 20.8 Å². The topological polar surface area (TPSA) is 45.9 Å². The van der Waals surface area contributed by atoms with Crippen molar-refractivity contribution in [3.05, 3.63) is 42.6 Å². The summed E-state index contributed by atoms with van der Waals surface area (Å²) in [6, 6.07) is 10.2. The molecule has 0 aliphatic carbocycles. The van der Waals surface area contributed by atoms with E-state index in [4.69, 9.17) is 9.72 Å². The van der Waals surface area contributed by atoms with Gasteiger partial charge in [0.25, 0.3) is 0 Å². The number of hydrogen-bond acceptors (Lipinski definition) is 5. The van der Waals surface area contributed by atoms with Crippen LogP contribution in [-0.2, 0) is 11.3 Å². The van der Waals surface area contributed by atoms with Gasteiger partial charge in [0, 0.05) is 43.9 Å². The van der Waals surface area contributed by atoms with E-state index >= 15 is 0 Å². The third-order valence-corrected chi connectivity index (χ3v) is 4.78. The standard InChI is InChI=1S/C21H29N5O/c1-5-26-19(15-25-11-12-27-16-17(14-25)13-24(3)4)20(23-21(26)22-2)18-9-7-6-8-10-18/h5-10,17H,1-2,11-16H2,3-4H3. The summed E-state index contributed by atoms with van der Waals surface area (Å²) in [5.41, 5.74) is 3.10. The Bertz CT molecular complexity index is 768. The summed E-state index contributed by atoms with van der Waals surface area (Å²) in [5.74, 6) is 1.06. The lowest BCUT2D eigenvalue weighted by molar-refractivity contribution is 0.112. The van der Waals surface area contributed by atoms with Crippen LogP contribution in [0.25, 0.3) is 17.5 Å².